The number of amides is 1. The van der Waals surface area contributed by atoms with E-state index >= 15 is 0 Å². The first-order valence-electron chi connectivity index (χ1n) is 10.1. The van der Waals surface area contributed by atoms with Gasteiger partial charge in [-0.2, -0.15) is 0 Å². The van der Waals surface area contributed by atoms with Gasteiger partial charge in [-0.05, 0) is 48.7 Å². The molecule has 0 bridgehead atoms. The summed E-state index contributed by atoms with van der Waals surface area (Å²) in [7, 11) is 0. The van der Waals surface area contributed by atoms with Gasteiger partial charge < -0.3 is 14.8 Å². The Hall–Kier alpha value is -3.18. The van der Waals surface area contributed by atoms with Gasteiger partial charge in [0.25, 0.3) is 0 Å². The predicted molar refractivity (Wildman–Crippen MR) is 114 cm³/mol. The van der Waals surface area contributed by atoms with Crippen molar-refractivity contribution in [3.8, 4) is 5.75 Å². The van der Waals surface area contributed by atoms with Gasteiger partial charge in [-0.1, -0.05) is 48.5 Å². The summed E-state index contributed by atoms with van der Waals surface area (Å²) in [5.41, 5.74) is 1.22. The lowest BCUT2D eigenvalue weighted by Gasteiger charge is -2.36. The highest BCUT2D eigenvalue weighted by atomic mass is 19.1. The number of nitrogens with one attached hydrogen (secondary N) is 1. The van der Waals surface area contributed by atoms with Crippen molar-refractivity contribution in [1.29, 1.82) is 0 Å². The van der Waals surface area contributed by atoms with Gasteiger partial charge in [0.1, 0.15) is 18.2 Å². The molecule has 1 aliphatic heterocycles. The SMILES string of the molecule is O=C(Nc1ccc(OCc2ccccc2)cc1)C1(c2ccccc2F)CCOCC1. The van der Waals surface area contributed by atoms with Gasteiger partial charge in [0.05, 0.1) is 5.41 Å². The number of hydrogen-bond donors (Lipinski definition) is 1. The maximum absolute atomic E-state index is 14.6. The van der Waals surface area contributed by atoms with Crippen LogP contribution in [-0.2, 0) is 21.6 Å². The molecule has 3 aromatic carbocycles. The van der Waals surface area contributed by atoms with Gasteiger partial charge in [-0.25, -0.2) is 4.39 Å². The molecule has 1 heterocycles. The lowest BCUT2D eigenvalue weighted by molar-refractivity contribution is -0.125. The molecule has 0 unspecified atom stereocenters. The van der Waals surface area contributed by atoms with Crippen molar-refractivity contribution < 1.29 is 18.7 Å². The molecule has 1 amide bonds. The first-order valence-corrected chi connectivity index (χ1v) is 10.1. The average Bonchev–Trinajstić information content (AvgIpc) is 2.80. The Balaban J connectivity index is 1.47. The highest BCUT2D eigenvalue weighted by Crippen LogP contribution is 2.37. The molecule has 1 aliphatic rings. The van der Waals surface area contributed by atoms with Gasteiger partial charge in [0, 0.05) is 24.5 Å². The van der Waals surface area contributed by atoms with Crippen LogP contribution < -0.4 is 10.1 Å². The van der Waals surface area contributed by atoms with Crippen molar-refractivity contribution in [1.82, 2.24) is 0 Å². The van der Waals surface area contributed by atoms with Crippen LogP contribution in [0.25, 0.3) is 0 Å². The summed E-state index contributed by atoms with van der Waals surface area (Å²) in [6, 6.07) is 23.6. The molecular formula is C25H24FNO3. The monoisotopic (exact) mass is 405 g/mol. The van der Waals surface area contributed by atoms with Crippen LogP contribution in [0.5, 0.6) is 5.75 Å². The minimum Gasteiger partial charge on any atom is -0.489 e. The first kappa shape index (κ1) is 20.1. The predicted octanol–water partition coefficient (Wildman–Crippen LogP) is 5.09. The molecule has 1 saturated heterocycles. The fourth-order valence-corrected chi connectivity index (χ4v) is 3.81. The van der Waals surface area contributed by atoms with Gasteiger partial charge in [0.2, 0.25) is 5.91 Å². The van der Waals surface area contributed by atoms with E-state index in [1.807, 2.05) is 42.5 Å². The summed E-state index contributed by atoms with van der Waals surface area (Å²) in [4.78, 5) is 13.3. The number of anilines is 1. The number of carbonyl (C=O) groups excluding carboxylic acids is 1. The highest BCUT2D eigenvalue weighted by molar-refractivity contribution is 5.99. The quantitative estimate of drug-likeness (QED) is 0.621. The highest BCUT2D eigenvalue weighted by Gasteiger charge is 2.43. The van der Waals surface area contributed by atoms with Crippen molar-refractivity contribution in [2.75, 3.05) is 18.5 Å². The first-order chi connectivity index (χ1) is 14.7. The van der Waals surface area contributed by atoms with Crippen LogP contribution in [0.2, 0.25) is 0 Å². The zero-order valence-corrected chi connectivity index (χ0v) is 16.6. The van der Waals surface area contributed by atoms with E-state index in [1.165, 1.54) is 6.07 Å². The van der Waals surface area contributed by atoms with Crippen LogP contribution in [0, 0.1) is 5.82 Å². The molecule has 5 heteroatoms. The van der Waals surface area contributed by atoms with Gasteiger partial charge in [-0.3, -0.25) is 4.79 Å². The van der Waals surface area contributed by atoms with Crippen molar-refractivity contribution in [2.24, 2.45) is 0 Å². The second-order valence-electron chi connectivity index (χ2n) is 7.43. The third-order valence-electron chi connectivity index (χ3n) is 5.53. The molecule has 0 saturated carbocycles. The number of carbonyl (C=O) groups is 1. The van der Waals surface area contributed by atoms with Crippen LogP contribution in [0.15, 0.2) is 78.9 Å². The van der Waals surface area contributed by atoms with E-state index in [0.29, 0.717) is 49.7 Å². The maximum Gasteiger partial charge on any atom is 0.235 e. The molecule has 0 radical (unpaired) electrons. The number of ether oxygens (including phenoxy) is 2. The van der Waals surface area contributed by atoms with Crippen LogP contribution >= 0.6 is 0 Å². The normalized spacial score (nSPS) is 15.4. The molecule has 3 aromatic rings. The fraction of sp³-hybridized carbons (Fsp3) is 0.240. The average molecular weight is 405 g/mol. The second-order valence-corrected chi connectivity index (χ2v) is 7.43. The third kappa shape index (κ3) is 4.36. The Morgan fingerprint density at radius 1 is 0.933 bits per heavy atom. The minimum atomic E-state index is -0.938. The molecule has 1 N–H and O–H groups in total. The number of hydrogen-bond acceptors (Lipinski definition) is 3. The lowest BCUT2D eigenvalue weighted by Crippen LogP contribution is -2.45. The van der Waals surface area contributed by atoms with Gasteiger partial charge in [-0.15, -0.1) is 0 Å². The zero-order chi connectivity index (χ0) is 20.8. The third-order valence-corrected chi connectivity index (χ3v) is 5.53. The Morgan fingerprint density at radius 2 is 1.60 bits per heavy atom. The van der Waals surface area contributed by atoms with E-state index in [2.05, 4.69) is 5.32 Å². The van der Waals surface area contributed by atoms with E-state index in [-0.39, 0.29) is 11.7 Å². The summed E-state index contributed by atoms with van der Waals surface area (Å²) < 4.78 is 25.8. The standard InChI is InChI=1S/C25H24FNO3/c26-23-9-5-4-8-22(23)25(14-16-29-17-15-25)24(28)27-20-10-12-21(13-11-20)30-18-19-6-2-1-3-7-19/h1-13H,14-18H2,(H,27,28). The van der Waals surface area contributed by atoms with Crippen LogP contribution in [0.1, 0.15) is 24.0 Å². The van der Waals surface area contributed by atoms with Crippen molar-refractivity contribution in [2.45, 2.75) is 24.9 Å². The molecule has 30 heavy (non-hydrogen) atoms. The Kier molecular flexibility index (Phi) is 6.10. The summed E-state index contributed by atoms with van der Waals surface area (Å²) in [5, 5.41) is 2.96. The van der Waals surface area contributed by atoms with E-state index in [4.69, 9.17) is 9.47 Å². The molecule has 154 valence electrons. The van der Waals surface area contributed by atoms with E-state index in [9.17, 15) is 9.18 Å². The van der Waals surface area contributed by atoms with E-state index in [0.717, 1.165) is 5.56 Å². The Morgan fingerprint density at radius 3 is 2.30 bits per heavy atom. The van der Waals surface area contributed by atoms with Crippen molar-refractivity contribution >= 4 is 11.6 Å². The molecular weight excluding hydrogens is 381 g/mol. The molecule has 0 spiro atoms. The summed E-state index contributed by atoms with van der Waals surface area (Å²) in [6.45, 7) is 1.32. The fourth-order valence-electron chi connectivity index (χ4n) is 3.81. The van der Waals surface area contributed by atoms with Crippen LogP contribution in [0.4, 0.5) is 10.1 Å². The van der Waals surface area contributed by atoms with Crippen LogP contribution in [-0.4, -0.2) is 19.1 Å². The van der Waals surface area contributed by atoms with E-state index < -0.39 is 5.41 Å². The number of benzene rings is 3. The smallest absolute Gasteiger partial charge is 0.235 e. The number of halogens is 1. The molecule has 0 atom stereocenters. The second kappa shape index (κ2) is 9.09. The molecule has 4 rings (SSSR count). The van der Waals surface area contributed by atoms with Crippen molar-refractivity contribution in [3.63, 3.8) is 0 Å². The van der Waals surface area contributed by atoms with Crippen molar-refractivity contribution in [3.05, 3.63) is 95.8 Å². The Bertz CT molecular complexity index is 983. The lowest BCUT2D eigenvalue weighted by atomic mass is 9.73. The molecule has 0 aromatic heterocycles. The molecule has 4 nitrogen and oxygen atoms in total. The van der Waals surface area contributed by atoms with E-state index in [1.54, 1.807) is 30.3 Å². The number of rotatable bonds is 6. The summed E-state index contributed by atoms with van der Waals surface area (Å²) in [6.07, 6.45) is 0.885. The Labute approximate surface area is 175 Å². The minimum absolute atomic E-state index is 0.214. The topological polar surface area (TPSA) is 47.6 Å². The maximum atomic E-state index is 14.6. The molecule has 1 fully saturated rings. The largest absolute Gasteiger partial charge is 0.489 e. The molecule has 0 aliphatic carbocycles. The van der Waals surface area contributed by atoms with Gasteiger partial charge >= 0.3 is 0 Å². The summed E-state index contributed by atoms with van der Waals surface area (Å²) in [5.74, 6) is 0.139. The van der Waals surface area contributed by atoms with Gasteiger partial charge in [0.15, 0.2) is 0 Å². The van der Waals surface area contributed by atoms with Crippen LogP contribution in [0.3, 0.4) is 0 Å². The summed E-state index contributed by atoms with van der Waals surface area (Å²) >= 11 is 0. The zero-order valence-electron chi connectivity index (χ0n) is 16.6.